The second kappa shape index (κ2) is 13.3. The van der Waals surface area contributed by atoms with Gasteiger partial charge >= 0.3 is 0 Å². The van der Waals surface area contributed by atoms with Gasteiger partial charge in [0.2, 0.25) is 0 Å². The number of aromatic nitrogens is 1. The minimum atomic E-state index is 0.157. The van der Waals surface area contributed by atoms with E-state index in [9.17, 15) is 0 Å². The molecule has 0 aliphatic heterocycles. The van der Waals surface area contributed by atoms with Gasteiger partial charge in [0.15, 0.2) is 0 Å². The van der Waals surface area contributed by atoms with Crippen LogP contribution in [-0.2, 0) is 0 Å². The Kier molecular flexibility index (Phi) is 8.65. The van der Waals surface area contributed by atoms with Gasteiger partial charge in [-0.2, -0.15) is 0 Å². The van der Waals surface area contributed by atoms with Crippen molar-refractivity contribution in [3.63, 3.8) is 0 Å². The minimum Gasteiger partial charge on any atom is -0.308 e. The van der Waals surface area contributed by atoms with Crippen molar-refractivity contribution in [3.8, 4) is 22.3 Å². The maximum atomic E-state index is 8.16. The third kappa shape index (κ3) is 5.91. The third-order valence-corrected chi connectivity index (χ3v) is 8.28. The summed E-state index contributed by atoms with van der Waals surface area (Å²) in [6, 6.07) is 40.6. The third-order valence-electron chi connectivity index (χ3n) is 8.28. The summed E-state index contributed by atoms with van der Waals surface area (Å²) in [4.78, 5) is 9.20. The number of rotatable bonds is 8. The highest BCUT2D eigenvalue weighted by Gasteiger charge is 2.27. The number of nitrogens with one attached hydrogen (secondary N) is 1. The number of pyridine rings is 1. The Morgan fingerprint density at radius 3 is 2.07 bits per heavy atom. The predicted molar refractivity (Wildman–Crippen MR) is 186 cm³/mol. The number of benzene rings is 4. The van der Waals surface area contributed by atoms with Crippen molar-refractivity contribution in [3.05, 3.63) is 174 Å². The molecule has 6 rings (SSSR count). The van der Waals surface area contributed by atoms with E-state index in [1.165, 1.54) is 17.4 Å². The second-order valence-corrected chi connectivity index (χ2v) is 10.9. The molecule has 4 aromatic carbocycles. The monoisotopic (exact) mass is 569 g/mol. The highest BCUT2D eigenvalue weighted by Crippen LogP contribution is 2.42. The highest BCUT2D eigenvalue weighted by molar-refractivity contribution is 6.19. The Hall–Kier alpha value is -5.41. The molecule has 44 heavy (non-hydrogen) atoms. The molecule has 0 saturated carbocycles. The summed E-state index contributed by atoms with van der Waals surface area (Å²) in [6.45, 7) is 1.99. The molecule has 214 valence electrons. The van der Waals surface area contributed by atoms with E-state index in [2.05, 4.69) is 120 Å². The zero-order valence-electron chi connectivity index (χ0n) is 25.1. The van der Waals surface area contributed by atoms with Gasteiger partial charge in [-0.15, -0.1) is 0 Å². The van der Waals surface area contributed by atoms with Crippen LogP contribution in [0.15, 0.2) is 156 Å². The van der Waals surface area contributed by atoms with Crippen molar-refractivity contribution in [2.75, 3.05) is 7.05 Å². The van der Waals surface area contributed by atoms with Gasteiger partial charge in [-0.25, -0.2) is 0 Å². The van der Waals surface area contributed by atoms with Gasteiger partial charge in [-0.05, 0) is 98.8 Å². The predicted octanol–water partition coefficient (Wildman–Crippen LogP) is 10.1. The Bertz CT molecular complexity index is 1880. The van der Waals surface area contributed by atoms with Crippen LogP contribution >= 0.6 is 0 Å². The highest BCUT2D eigenvalue weighted by atomic mass is 14.7. The summed E-state index contributed by atoms with van der Waals surface area (Å²) >= 11 is 0. The van der Waals surface area contributed by atoms with E-state index in [-0.39, 0.29) is 5.92 Å². The summed E-state index contributed by atoms with van der Waals surface area (Å²) in [7, 11) is 1.89. The maximum Gasteiger partial charge on any atom is 0.0687 e. The lowest BCUT2D eigenvalue weighted by Gasteiger charge is -2.28. The zero-order chi connectivity index (χ0) is 30.3. The lowest BCUT2D eigenvalue weighted by molar-refractivity contribution is 0.831. The van der Waals surface area contributed by atoms with Crippen LogP contribution in [0.3, 0.4) is 0 Å². The molecule has 0 amide bonds. The Morgan fingerprint density at radius 1 is 0.750 bits per heavy atom. The maximum absolute atomic E-state index is 8.16. The largest absolute Gasteiger partial charge is 0.308 e. The first-order chi connectivity index (χ1) is 21.7. The molecule has 3 nitrogen and oxygen atoms in total. The fourth-order valence-electron chi connectivity index (χ4n) is 6.09. The van der Waals surface area contributed by atoms with Gasteiger partial charge in [-0.3, -0.25) is 9.98 Å². The van der Waals surface area contributed by atoms with Crippen LogP contribution < -0.4 is 0 Å². The van der Waals surface area contributed by atoms with E-state index < -0.39 is 0 Å². The lowest BCUT2D eigenvalue weighted by Crippen LogP contribution is -2.17. The fourth-order valence-corrected chi connectivity index (χ4v) is 6.09. The zero-order valence-corrected chi connectivity index (χ0v) is 25.1. The van der Waals surface area contributed by atoms with E-state index in [1.807, 2.05) is 38.4 Å². The molecule has 0 spiro atoms. The number of aliphatic imine (C=N–C) groups is 1. The van der Waals surface area contributed by atoms with Gasteiger partial charge in [0.1, 0.15) is 0 Å². The molecule has 0 saturated heterocycles. The van der Waals surface area contributed by atoms with Crippen LogP contribution in [0.1, 0.15) is 41.5 Å². The molecule has 1 N–H and O–H groups in total. The van der Waals surface area contributed by atoms with Crippen molar-refractivity contribution < 1.29 is 0 Å². The van der Waals surface area contributed by atoms with E-state index in [1.54, 1.807) is 6.20 Å². The Labute approximate surface area is 260 Å². The molecule has 1 unspecified atom stereocenters. The molecule has 5 aromatic rings. The molecule has 1 aliphatic carbocycles. The van der Waals surface area contributed by atoms with Gasteiger partial charge in [0.25, 0.3) is 0 Å². The van der Waals surface area contributed by atoms with Crippen molar-refractivity contribution in [1.29, 1.82) is 5.41 Å². The van der Waals surface area contributed by atoms with Gasteiger partial charge < -0.3 is 5.41 Å². The molecular weight excluding hydrogens is 534 g/mol. The van der Waals surface area contributed by atoms with Crippen molar-refractivity contribution in [1.82, 2.24) is 4.98 Å². The number of allylic oxidation sites excluding steroid dienone is 6. The van der Waals surface area contributed by atoms with Crippen molar-refractivity contribution >= 4 is 23.1 Å². The van der Waals surface area contributed by atoms with Crippen LogP contribution in [0.4, 0.5) is 0 Å². The summed E-state index contributed by atoms with van der Waals surface area (Å²) in [5.41, 5.74) is 13.2. The number of nitrogens with zero attached hydrogens (tertiary/aromatic N) is 2. The van der Waals surface area contributed by atoms with E-state index in [0.717, 1.165) is 62.2 Å². The van der Waals surface area contributed by atoms with Crippen molar-refractivity contribution in [2.45, 2.75) is 19.3 Å². The molecular formula is C41H35N3. The molecule has 0 radical (unpaired) electrons. The molecule has 0 fully saturated rings. The van der Waals surface area contributed by atoms with Gasteiger partial charge in [0, 0.05) is 31.6 Å². The molecule has 0 bridgehead atoms. The number of hydrogen-bond acceptors (Lipinski definition) is 3. The topological polar surface area (TPSA) is 49.1 Å². The minimum absolute atomic E-state index is 0.157. The van der Waals surface area contributed by atoms with Gasteiger partial charge in [0.05, 0.1) is 5.71 Å². The molecule has 1 heterocycles. The quantitative estimate of drug-likeness (QED) is 0.186. The normalized spacial score (nSPS) is 15.4. The van der Waals surface area contributed by atoms with Crippen LogP contribution in [0.25, 0.3) is 33.4 Å². The second-order valence-electron chi connectivity index (χ2n) is 10.9. The summed E-state index contributed by atoms with van der Waals surface area (Å²) in [5, 5.41) is 8.16. The fraction of sp³-hybridized carbons (Fsp3) is 0.0976. The van der Waals surface area contributed by atoms with Crippen molar-refractivity contribution in [2.24, 2.45) is 4.99 Å². The van der Waals surface area contributed by atoms with Crippen LogP contribution in [0.5, 0.6) is 0 Å². The molecule has 1 aromatic heterocycles. The first-order valence-electron chi connectivity index (χ1n) is 15.0. The molecule has 1 atom stereocenters. The summed E-state index contributed by atoms with van der Waals surface area (Å²) in [5.74, 6) is 0.157. The molecule has 1 aliphatic rings. The average Bonchev–Trinajstić information content (AvgIpc) is 3.10. The van der Waals surface area contributed by atoms with E-state index >= 15 is 0 Å². The summed E-state index contributed by atoms with van der Waals surface area (Å²) in [6.07, 6.45) is 12.6. The van der Waals surface area contributed by atoms with Gasteiger partial charge in [-0.1, -0.05) is 109 Å². The Morgan fingerprint density at radius 2 is 1.43 bits per heavy atom. The smallest absolute Gasteiger partial charge is 0.0687 e. The Balaban J connectivity index is 1.56. The van der Waals surface area contributed by atoms with Crippen LogP contribution in [0, 0.1) is 5.41 Å². The van der Waals surface area contributed by atoms with E-state index in [4.69, 9.17) is 10.4 Å². The first kappa shape index (κ1) is 28.7. The van der Waals surface area contributed by atoms with Crippen LogP contribution in [-0.4, -0.2) is 24.0 Å². The average molecular weight is 570 g/mol. The standard InChI is InChI=1S/C41H35N3/c1-3-29(27-42)35-24-36(31-21-19-30(20-22-31)34-16-11-23-44-28-34)26-37(25-35)39-18-10-17-38(32-12-6-4-7-13-32)40(39)41(43-2)33-14-8-5-9-15-33/h3-16,18-28,38,42H,17H2,1-2H3/b29-3+,42-27?,43-41?. The molecule has 3 heteroatoms. The number of hydrogen-bond donors (Lipinski definition) is 1. The van der Waals surface area contributed by atoms with Crippen LogP contribution in [0.2, 0.25) is 0 Å². The SMILES string of the molecule is C/C=C(\C=N)c1cc(C2=C(C(=NC)c3ccccc3)C(c3ccccc3)CC=C2)cc(-c2ccc(-c3cccnc3)cc2)c1. The lowest BCUT2D eigenvalue weighted by atomic mass is 9.76. The summed E-state index contributed by atoms with van der Waals surface area (Å²) < 4.78 is 0. The van der Waals surface area contributed by atoms with E-state index in [0.29, 0.717) is 0 Å². The first-order valence-corrected chi connectivity index (χ1v) is 15.0.